The molecule has 3 N–H and O–H groups in total. The molecule has 0 spiro atoms. The Morgan fingerprint density at radius 3 is 2.55 bits per heavy atom. The highest BCUT2D eigenvalue weighted by atomic mass is 127. The lowest BCUT2D eigenvalue weighted by atomic mass is 9.76. The number of hydrogen-bond donors (Lipinski definition) is 2. The average Bonchev–Trinajstić information content (AvgIpc) is 2.40. The Hall–Kier alpha value is -0.910. The minimum Gasteiger partial charge on any atom is -0.271 e. The maximum Gasteiger partial charge on any atom is 0.0713 e. The topological polar surface area (TPSA) is 38.0 Å². The normalized spacial score (nSPS) is 16.7. The smallest absolute Gasteiger partial charge is 0.0713 e. The largest absolute Gasteiger partial charge is 0.271 e. The maximum absolute atomic E-state index is 5.86. The molecule has 2 aromatic rings. The molecule has 0 aromatic heterocycles. The van der Waals surface area contributed by atoms with E-state index >= 15 is 0 Å². The first-order valence-electron chi connectivity index (χ1n) is 7.10. The summed E-state index contributed by atoms with van der Waals surface area (Å²) in [5.41, 5.74) is 7.01. The first kappa shape index (κ1) is 14.0. The fraction of sp³-hybridized carbons (Fsp3) is 0.294. The Labute approximate surface area is 133 Å². The van der Waals surface area contributed by atoms with E-state index in [1.165, 1.54) is 39.5 Å². The molecule has 1 aliphatic carbocycles. The van der Waals surface area contributed by atoms with Gasteiger partial charge in [-0.2, -0.15) is 0 Å². The van der Waals surface area contributed by atoms with Crippen LogP contribution in [0.5, 0.6) is 0 Å². The van der Waals surface area contributed by atoms with Crippen molar-refractivity contribution in [2.45, 2.75) is 31.2 Å². The second kappa shape index (κ2) is 6.24. The van der Waals surface area contributed by atoms with E-state index in [1.807, 2.05) is 0 Å². The number of nitrogens with one attached hydrogen (secondary N) is 1. The van der Waals surface area contributed by atoms with Crippen molar-refractivity contribution in [3.05, 3.63) is 68.8 Å². The van der Waals surface area contributed by atoms with E-state index in [0.717, 1.165) is 0 Å². The van der Waals surface area contributed by atoms with Crippen LogP contribution < -0.4 is 11.3 Å². The standard InChI is InChI=1S/C17H19IN2/c18-14-8-4-7-13(11-14)17(20-19)16-10-2-1-9-15(16)12-5-3-6-12/h1-2,4,7-12,17,20H,3,5-6,19H2. The van der Waals surface area contributed by atoms with Crippen molar-refractivity contribution in [2.24, 2.45) is 5.84 Å². The van der Waals surface area contributed by atoms with E-state index in [-0.39, 0.29) is 6.04 Å². The molecule has 3 rings (SSSR count). The van der Waals surface area contributed by atoms with Crippen molar-refractivity contribution < 1.29 is 0 Å². The zero-order chi connectivity index (χ0) is 13.9. The van der Waals surface area contributed by atoms with Gasteiger partial charge in [0.1, 0.15) is 0 Å². The summed E-state index contributed by atoms with van der Waals surface area (Å²) in [5.74, 6) is 6.58. The van der Waals surface area contributed by atoms with Crippen LogP contribution in [0.15, 0.2) is 48.5 Å². The van der Waals surface area contributed by atoms with Crippen LogP contribution in [0.3, 0.4) is 0 Å². The predicted octanol–water partition coefficient (Wildman–Crippen LogP) is 4.11. The molecule has 20 heavy (non-hydrogen) atoms. The van der Waals surface area contributed by atoms with Crippen LogP contribution >= 0.6 is 22.6 Å². The Morgan fingerprint density at radius 1 is 1.10 bits per heavy atom. The maximum atomic E-state index is 5.86. The zero-order valence-electron chi connectivity index (χ0n) is 11.4. The van der Waals surface area contributed by atoms with Crippen molar-refractivity contribution in [3.8, 4) is 0 Å². The molecule has 0 bridgehead atoms. The van der Waals surface area contributed by atoms with Gasteiger partial charge in [-0.05, 0) is 70.2 Å². The highest BCUT2D eigenvalue weighted by Crippen LogP contribution is 2.40. The van der Waals surface area contributed by atoms with Gasteiger partial charge in [0, 0.05) is 3.57 Å². The van der Waals surface area contributed by atoms with Crippen LogP contribution in [0.2, 0.25) is 0 Å². The molecule has 1 fully saturated rings. The van der Waals surface area contributed by atoms with Gasteiger partial charge in [-0.1, -0.05) is 42.8 Å². The lowest BCUT2D eigenvalue weighted by molar-refractivity contribution is 0.414. The zero-order valence-corrected chi connectivity index (χ0v) is 13.5. The fourth-order valence-electron chi connectivity index (χ4n) is 2.92. The second-order valence-electron chi connectivity index (χ2n) is 5.41. The summed E-state index contributed by atoms with van der Waals surface area (Å²) in [4.78, 5) is 0. The van der Waals surface area contributed by atoms with Crippen LogP contribution in [0, 0.1) is 3.57 Å². The molecule has 0 heterocycles. The lowest BCUT2D eigenvalue weighted by Crippen LogP contribution is -2.30. The van der Waals surface area contributed by atoms with Gasteiger partial charge in [-0.25, -0.2) is 5.43 Å². The van der Waals surface area contributed by atoms with Crippen LogP contribution in [0.25, 0.3) is 0 Å². The van der Waals surface area contributed by atoms with Gasteiger partial charge >= 0.3 is 0 Å². The van der Waals surface area contributed by atoms with Crippen molar-refractivity contribution in [1.82, 2.24) is 5.43 Å². The third-order valence-corrected chi connectivity index (χ3v) is 4.87. The Kier molecular flexibility index (Phi) is 4.38. The van der Waals surface area contributed by atoms with E-state index in [9.17, 15) is 0 Å². The SMILES string of the molecule is NNC(c1cccc(I)c1)c1ccccc1C1CCC1. The third-order valence-electron chi connectivity index (χ3n) is 4.20. The van der Waals surface area contributed by atoms with Gasteiger partial charge < -0.3 is 0 Å². The van der Waals surface area contributed by atoms with E-state index in [2.05, 4.69) is 76.5 Å². The molecular formula is C17H19IN2. The molecule has 1 unspecified atom stereocenters. The predicted molar refractivity (Wildman–Crippen MR) is 91.4 cm³/mol. The molecule has 1 saturated carbocycles. The number of hydrazine groups is 1. The summed E-state index contributed by atoms with van der Waals surface area (Å²) in [6.45, 7) is 0. The molecule has 0 radical (unpaired) electrons. The number of rotatable bonds is 4. The van der Waals surface area contributed by atoms with Crippen molar-refractivity contribution in [2.75, 3.05) is 0 Å². The van der Waals surface area contributed by atoms with Gasteiger partial charge in [0.05, 0.1) is 6.04 Å². The summed E-state index contributed by atoms with van der Waals surface area (Å²) in [6, 6.07) is 17.3. The molecule has 1 aliphatic rings. The van der Waals surface area contributed by atoms with Crippen LogP contribution in [-0.4, -0.2) is 0 Å². The number of nitrogens with two attached hydrogens (primary N) is 1. The lowest BCUT2D eigenvalue weighted by Gasteiger charge is -2.30. The first-order valence-corrected chi connectivity index (χ1v) is 8.18. The van der Waals surface area contributed by atoms with Crippen LogP contribution in [-0.2, 0) is 0 Å². The molecule has 0 amide bonds. The molecule has 104 valence electrons. The van der Waals surface area contributed by atoms with Gasteiger partial charge in [0.2, 0.25) is 0 Å². The molecule has 3 heteroatoms. The quantitative estimate of drug-likeness (QED) is 0.477. The van der Waals surface area contributed by atoms with Crippen molar-refractivity contribution >= 4 is 22.6 Å². The minimum absolute atomic E-state index is 0.0708. The molecule has 0 aliphatic heterocycles. The van der Waals surface area contributed by atoms with Gasteiger partial charge in [0.15, 0.2) is 0 Å². The molecule has 0 saturated heterocycles. The Morgan fingerprint density at radius 2 is 1.90 bits per heavy atom. The third kappa shape index (κ3) is 2.75. The number of halogens is 1. The first-order chi connectivity index (χ1) is 9.79. The van der Waals surface area contributed by atoms with Gasteiger partial charge in [-0.15, -0.1) is 0 Å². The molecule has 1 atom stereocenters. The Balaban J connectivity index is 2.01. The number of benzene rings is 2. The molecule has 2 nitrogen and oxygen atoms in total. The second-order valence-corrected chi connectivity index (χ2v) is 6.66. The summed E-state index contributed by atoms with van der Waals surface area (Å²) < 4.78 is 1.24. The van der Waals surface area contributed by atoms with Crippen molar-refractivity contribution in [1.29, 1.82) is 0 Å². The highest BCUT2D eigenvalue weighted by Gasteiger charge is 2.25. The van der Waals surface area contributed by atoms with Crippen LogP contribution in [0.4, 0.5) is 0 Å². The fourth-order valence-corrected chi connectivity index (χ4v) is 3.48. The van der Waals surface area contributed by atoms with Gasteiger partial charge in [0.25, 0.3) is 0 Å². The number of hydrogen-bond acceptors (Lipinski definition) is 2. The summed E-state index contributed by atoms with van der Waals surface area (Å²) in [5, 5.41) is 0. The monoisotopic (exact) mass is 378 g/mol. The molecular weight excluding hydrogens is 359 g/mol. The summed E-state index contributed by atoms with van der Waals surface area (Å²) >= 11 is 2.35. The minimum atomic E-state index is 0.0708. The summed E-state index contributed by atoms with van der Waals surface area (Å²) in [7, 11) is 0. The van der Waals surface area contributed by atoms with E-state index in [4.69, 9.17) is 5.84 Å². The van der Waals surface area contributed by atoms with Crippen molar-refractivity contribution in [3.63, 3.8) is 0 Å². The highest BCUT2D eigenvalue weighted by molar-refractivity contribution is 14.1. The molecule has 2 aromatic carbocycles. The average molecular weight is 378 g/mol. The van der Waals surface area contributed by atoms with Gasteiger partial charge in [-0.3, -0.25) is 5.84 Å². The van der Waals surface area contributed by atoms with E-state index in [1.54, 1.807) is 0 Å². The summed E-state index contributed by atoms with van der Waals surface area (Å²) in [6.07, 6.45) is 3.96. The van der Waals surface area contributed by atoms with E-state index < -0.39 is 0 Å². The Bertz CT molecular complexity index is 593. The van der Waals surface area contributed by atoms with Crippen LogP contribution in [0.1, 0.15) is 47.9 Å². The van der Waals surface area contributed by atoms with E-state index in [0.29, 0.717) is 5.92 Å².